The SMILES string of the molecule is C[C@@H](NC(=O)c1ccc(-c2n[nH]c(=S)o2)cc1)C(=O)NC(C)(C)C. The van der Waals surface area contributed by atoms with E-state index in [-0.39, 0.29) is 22.2 Å². The Morgan fingerprint density at radius 3 is 2.38 bits per heavy atom. The van der Waals surface area contributed by atoms with Gasteiger partial charge in [-0.15, -0.1) is 5.10 Å². The van der Waals surface area contributed by atoms with Crippen molar-refractivity contribution >= 4 is 24.0 Å². The van der Waals surface area contributed by atoms with E-state index in [9.17, 15) is 9.59 Å². The number of amides is 2. The van der Waals surface area contributed by atoms with Gasteiger partial charge in [0.05, 0.1) is 0 Å². The molecule has 0 aliphatic rings. The van der Waals surface area contributed by atoms with Crippen LogP contribution in [0, 0.1) is 4.84 Å². The third kappa shape index (κ3) is 4.76. The number of aromatic nitrogens is 2. The van der Waals surface area contributed by atoms with Gasteiger partial charge < -0.3 is 15.1 Å². The van der Waals surface area contributed by atoms with Crippen LogP contribution in [0.25, 0.3) is 11.5 Å². The molecule has 0 unspecified atom stereocenters. The number of hydrogen-bond donors (Lipinski definition) is 3. The molecule has 0 aliphatic carbocycles. The zero-order chi connectivity index (χ0) is 17.9. The highest BCUT2D eigenvalue weighted by atomic mass is 32.1. The Balaban J connectivity index is 2.02. The maximum atomic E-state index is 12.2. The van der Waals surface area contributed by atoms with Crippen LogP contribution in [0.3, 0.4) is 0 Å². The van der Waals surface area contributed by atoms with Crippen LogP contribution in [0.2, 0.25) is 0 Å². The standard InChI is InChI=1S/C16H20N4O3S/c1-9(12(21)18-16(2,3)4)17-13(22)10-5-7-11(8-6-10)14-19-20-15(24)23-14/h5-9H,1-4H3,(H,17,22)(H,18,21)(H,20,24)/t9-/m1/s1. The van der Waals surface area contributed by atoms with Crippen molar-refractivity contribution in [2.75, 3.05) is 0 Å². The van der Waals surface area contributed by atoms with E-state index in [1.807, 2.05) is 20.8 Å². The molecule has 3 N–H and O–H groups in total. The van der Waals surface area contributed by atoms with Gasteiger partial charge in [0, 0.05) is 16.7 Å². The van der Waals surface area contributed by atoms with Crippen molar-refractivity contribution in [1.82, 2.24) is 20.8 Å². The predicted molar refractivity (Wildman–Crippen MR) is 91.9 cm³/mol. The normalized spacial score (nSPS) is 12.5. The molecule has 1 atom stereocenters. The number of nitrogens with one attached hydrogen (secondary N) is 3. The summed E-state index contributed by atoms with van der Waals surface area (Å²) in [6.45, 7) is 7.28. The molecule has 0 spiro atoms. The van der Waals surface area contributed by atoms with Crippen molar-refractivity contribution in [3.05, 3.63) is 34.7 Å². The van der Waals surface area contributed by atoms with Gasteiger partial charge in [-0.3, -0.25) is 9.59 Å². The number of hydrogen-bond acceptors (Lipinski definition) is 5. The molecule has 2 aromatic rings. The lowest BCUT2D eigenvalue weighted by atomic mass is 10.1. The minimum atomic E-state index is -0.638. The van der Waals surface area contributed by atoms with Gasteiger partial charge in [0.1, 0.15) is 6.04 Å². The van der Waals surface area contributed by atoms with E-state index in [0.717, 1.165) is 0 Å². The molecule has 0 saturated carbocycles. The molecule has 0 fully saturated rings. The lowest BCUT2D eigenvalue weighted by Crippen LogP contribution is -2.50. The fourth-order valence-corrected chi connectivity index (χ4v) is 2.07. The van der Waals surface area contributed by atoms with Crippen molar-refractivity contribution in [2.45, 2.75) is 39.3 Å². The Morgan fingerprint density at radius 1 is 1.25 bits per heavy atom. The third-order valence-electron chi connectivity index (χ3n) is 3.07. The van der Waals surface area contributed by atoms with Crippen molar-refractivity contribution in [3.63, 3.8) is 0 Å². The van der Waals surface area contributed by atoms with Crippen LogP contribution < -0.4 is 10.6 Å². The summed E-state index contributed by atoms with van der Waals surface area (Å²) in [6.07, 6.45) is 0. The summed E-state index contributed by atoms with van der Waals surface area (Å²) in [5, 5.41) is 11.9. The second kappa shape index (κ2) is 6.96. The molecule has 0 radical (unpaired) electrons. The van der Waals surface area contributed by atoms with Crippen LogP contribution in [0.1, 0.15) is 38.1 Å². The summed E-state index contributed by atoms with van der Waals surface area (Å²) >= 11 is 4.82. The van der Waals surface area contributed by atoms with Gasteiger partial charge in [-0.1, -0.05) is 0 Å². The Labute approximate surface area is 144 Å². The second-order valence-electron chi connectivity index (χ2n) is 6.43. The summed E-state index contributed by atoms with van der Waals surface area (Å²) in [5.74, 6) is -0.216. The number of carbonyl (C=O) groups excluding carboxylic acids is 2. The van der Waals surface area contributed by atoms with E-state index in [1.54, 1.807) is 31.2 Å². The molecule has 0 saturated heterocycles. The second-order valence-corrected chi connectivity index (χ2v) is 6.80. The van der Waals surface area contributed by atoms with Gasteiger partial charge in [-0.05, 0) is 64.2 Å². The summed E-state index contributed by atoms with van der Waals surface area (Å²) < 4.78 is 5.21. The number of nitrogens with zero attached hydrogens (tertiary/aromatic N) is 1. The fraction of sp³-hybridized carbons (Fsp3) is 0.375. The lowest BCUT2D eigenvalue weighted by molar-refractivity contribution is -0.124. The first kappa shape index (κ1) is 17.9. The Morgan fingerprint density at radius 2 is 1.88 bits per heavy atom. The molecule has 1 aromatic heterocycles. The lowest BCUT2D eigenvalue weighted by Gasteiger charge is -2.23. The molecule has 2 amide bonds. The van der Waals surface area contributed by atoms with Gasteiger partial charge in [-0.2, -0.15) is 0 Å². The van der Waals surface area contributed by atoms with Crippen LogP contribution in [0.5, 0.6) is 0 Å². The average Bonchev–Trinajstić information content (AvgIpc) is 2.92. The molecule has 0 bridgehead atoms. The van der Waals surface area contributed by atoms with E-state index >= 15 is 0 Å². The zero-order valence-electron chi connectivity index (χ0n) is 14.0. The number of aromatic amines is 1. The summed E-state index contributed by atoms with van der Waals surface area (Å²) in [6, 6.07) is 6.02. The van der Waals surface area contributed by atoms with Crippen LogP contribution in [-0.2, 0) is 4.79 Å². The maximum absolute atomic E-state index is 12.2. The van der Waals surface area contributed by atoms with E-state index in [1.165, 1.54) is 0 Å². The highest BCUT2D eigenvalue weighted by Gasteiger charge is 2.21. The van der Waals surface area contributed by atoms with Gasteiger partial charge in [0.15, 0.2) is 0 Å². The van der Waals surface area contributed by atoms with Crippen molar-refractivity contribution in [3.8, 4) is 11.5 Å². The Hall–Kier alpha value is -2.48. The molecular weight excluding hydrogens is 328 g/mol. The average molecular weight is 348 g/mol. The molecule has 2 rings (SSSR count). The number of H-pyrrole nitrogens is 1. The molecule has 0 aliphatic heterocycles. The molecular formula is C16H20N4O3S. The summed E-state index contributed by atoms with van der Waals surface area (Å²) in [7, 11) is 0. The molecule has 128 valence electrons. The van der Waals surface area contributed by atoms with E-state index in [4.69, 9.17) is 16.6 Å². The minimum absolute atomic E-state index is 0.186. The van der Waals surface area contributed by atoms with Gasteiger partial charge in [0.25, 0.3) is 10.7 Å². The number of rotatable bonds is 4. The van der Waals surface area contributed by atoms with E-state index in [0.29, 0.717) is 17.0 Å². The molecule has 1 aromatic carbocycles. The van der Waals surface area contributed by atoms with Crippen LogP contribution in [0.15, 0.2) is 28.7 Å². The Bertz CT molecular complexity index is 787. The molecule has 24 heavy (non-hydrogen) atoms. The zero-order valence-corrected chi connectivity index (χ0v) is 14.8. The molecule has 1 heterocycles. The fourth-order valence-electron chi connectivity index (χ4n) is 1.94. The first-order valence-corrected chi connectivity index (χ1v) is 7.85. The first-order valence-electron chi connectivity index (χ1n) is 7.44. The van der Waals surface area contributed by atoms with E-state index in [2.05, 4.69) is 20.8 Å². The van der Waals surface area contributed by atoms with Crippen LogP contribution in [-0.4, -0.2) is 33.6 Å². The highest BCUT2D eigenvalue weighted by Crippen LogP contribution is 2.17. The smallest absolute Gasteiger partial charge is 0.284 e. The summed E-state index contributed by atoms with van der Waals surface area (Å²) in [4.78, 5) is 24.4. The number of benzene rings is 1. The van der Waals surface area contributed by atoms with Crippen LogP contribution >= 0.6 is 12.2 Å². The van der Waals surface area contributed by atoms with Gasteiger partial charge in [-0.25, -0.2) is 5.10 Å². The van der Waals surface area contributed by atoms with Crippen molar-refractivity contribution in [1.29, 1.82) is 0 Å². The Kier molecular flexibility index (Phi) is 5.18. The minimum Gasteiger partial charge on any atom is -0.409 e. The molecule has 8 heteroatoms. The van der Waals surface area contributed by atoms with Gasteiger partial charge in [0.2, 0.25) is 11.8 Å². The van der Waals surface area contributed by atoms with Crippen molar-refractivity contribution in [2.24, 2.45) is 0 Å². The predicted octanol–water partition coefficient (Wildman–Crippen LogP) is 2.43. The largest absolute Gasteiger partial charge is 0.409 e. The van der Waals surface area contributed by atoms with Crippen LogP contribution in [0.4, 0.5) is 0 Å². The monoisotopic (exact) mass is 348 g/mol. The van der Waals surface area contributed by atoms with Crippen molar-refractivity contribution < 1.29 is 14.0 Å². The van der Waals surface area contributed by atoms with E-state index < -0.39 is 6.04 Å². The quantitative estimate of drug-likeness (QED) is 0.737. The highest BCUT2D eigenvalue weighted by molar-refractivity contribution is 7.71. The number of carbonyl (C=O) groups is 2. The first-order chi connectivity index (χ1) is 11.2. The third-order valence-corrected chi connectivity index (χ3v) is 3.25. The molecule has 7 nitrogen and oxygen atoms in total. The summed E-state index contributed by atoms with van der Waals surface area (Å²) in [5.41, 5.74) is 0.773. The topological polar surface area (TPSA) is 100 Å². The van der Waals surface area contributed by atoms with Gasteiger partial charge >= 0.3 is 0 Å². The maximum Gasteiger partial charge on any atom is 0.284 e.